The van der Waals surface area contributed by atoms with E-state index in [1.54, 1.807) is 0 Å². The largest absolute Gasteiger partial charge is 0.377 e. The second kappa shape index (κ2) is 27.6. The molecule has 2 unspecified atom stereocenters. The monoisotopic (exact) mass is 467 g/mol. The highest BCUT2D eigenvalue weighted by Crippen LogP contribution is 2.15. The molecule has 0 saturated heterocycles. The molecule has 0 aliphatic heterocycles. The molecule has 0 saturated carbocycles. The second-order valence-corrected chi connectivity index (χ2v) is 9.16. The third kappa shape index (κ3) is 25.8. The number of hydrogen-bond donors (Lipinski definition) is 2. The minimum atomic E-state index is -0.628. The van der Waals surface area contributed by atoms with Crippen molar-refractivity contribution in [3.8, 4) is 0 Å². The zero-order valence-electron chi connectivity index (χ0n) is 22.4. The van der Waals surface area contributed by atoms with Gasteiger partial charge < -0.3 is 19.9 Å². The zero-order valence-corrected chi connectivity index (χ0v) is 22.4. The lowest BCUT2D eigenvalue weighted by molar-refractivity contribution is -0.113. The standard InChI is InChI=1S/C29H57NO3/c1-4-6-8-10-12-14-16-18-20-22-28(32-27-25-30-3)24-26-33-29(31)23-21-19-17-15-13-11-9-7-5-2/h6-9,28-31H,4-5,10-27H2,1-3H3. The van der Waals surface area contributed by atoms with Crippen LogP contribution in [0.5, 0.6) is 0 Å². The Morgan fingerprint density at radius 3 is 1.76 bits per heavy atom. The molecule has 33 heavy (non-hydrogen) atoms. The van der Waals surface area contributed by atoms with Gasteiger partial charge in [-0.1, -0.05) is 83.1 Å². The van der Waals surface area contributed by atoms with E-state index in [0.29, 0.717) is 6.61 Å². The molecule has 0 heterocycles. The van der Waals surface area contributed by atoms with Crippen molar-refractivity contribution >= 4 is 0 Å². The zero-order chi connectivity index (χ0) is 24.2. The Balaban J connectivity index is 3.79. The van der Waals surface area contributed by atoms with Crippen LogP contribution in [0, 0.1) is 0 Å². The molecule has 0 bridgehead atoms. The van der Waals surface area contributed by atoms with E-state index in [-0.39, 0.29) is 6.10 Å². The van der Waals surface area contributed by atoms with Crippen molar-refractivity contribution < 1.29 is 14.6 Å². The van der Waals surface area contributed by atoms with Gasteiger partial charge >= 0.3 is 0 Å². The summed E-state index contributed by atoms with van der Waals surface area (Å²) < 4.78 is 11.7. The van der Waals surface area contributed by atoms with Crippen LogP contribution in [0.3, 0.4) is 0 Å². The number of aliphatic hydroxyl groups excluding tert-OH is 1. The number of hydrogen-bond acceptors (Lipinski definition) is 4. The summed E-state index contributed by atoms with van der Waals surface area (Å²) in [6.07, 6.45) is 28.6. The SMILES string of the molecule is CCC=CCCCCCCCC(O)OCCC(CCCCCCCC=CCC)OCCNC. The Labute approximate surface area is 206 Å². The van der Waals surface area contributed by atoms with Crippen LogP contribution in [0.25, 0.3) is 0 Å². The minimum absolute atomic E-state index is 0.236. The topological polar surface area (TPSA) is 50.7 Å². The van der Waals surface area contributed by atoms with Gasteiger partial charge in [0, 0.05) is 6.54 Å². The molecule has 196 valence electrons. The molecule has 0 fully saturated rings. The van der Waals surface area contributed by atoms with Gasteiger partial charge in [0.2, 0.25) is 0 Å². The summed E-state index contributed by atoms with van der Waals surface area (Å²) in [5.74, 6) is 0. The number of likely N-dealkylation sites (N-methyl/N-ethyl adjacent to an activating group) is 1. The fourth-order valence-corrected chi connectivity index (χ4v) is 3.90. The molecule has 0 radical (unpaired) electrons. The number of aliphatic hydroxyl groups is 1. The highest BCUT2D eigenvalue weighted by Gasteiger charge is 2.11. The van der Waals surface area contributed by atoms with E-state index >= 15 is 0 Å². The molecule has 0 aromatic carbocycles. The van der Waals surface area contributed by atoms with E-state index in [4.69, 9.17) is 9.47 Å². The summed E-state index contributed by atoms with van der Waals surface area (Å²) >= 11 is 0. The van der Waals surface area contributed by atoms with Crippen LogP contribution < -0.4 is 5.32 Å². The number of rotatable bonds is 26. The Morgan fingerprint density at radius 1 is 0.636 bits per heavy atom. The van der Waals surface area contributed by atoms with Crippen LogP contribution in [0.15, 0.2) is 24.3 Å². The Kier molecular flexibility index (Phi) is 27.0. The summed E-state index contributed by atoms with van der Waals surface area (Å²) in [6, 6.07) is 0. The highest BCUT2D eigenvalue weighted by atomic mass is 16.6. The van der Waals surface area contributed by atoms with Crippen molar-refractivity contribution in [1.82, 2.24) is 5.32 Å². The number of ether oxygens (including phenoxy) is 2. The Morgan fingerprint density at radius 2 is 1.18 bits per heavy atom. The summed E-state index contributed by atoms with van der Waals surface area (Å²) in [4.78, 5) is 0. The molecule has 0 aromatic rings. The van der Waals surface area contributed by atoms with E-state index in [2.05, 4.69) is 43.5 Å². The first-order chi connectivity index (χ1) is 16.2. The molecule has 0 aromatic heterocycles. The Bertz CT molecular complexity index is 425. The highest BCUT2D eigenvalue weighted by molar-refractivity contribution is 4.80. The fraction of sp³-hybridized carbons (Fsp3) is 0.862. The van der Waals surface area contributed by atoms with Crippen LogP contribution in [0.1, 0.15) is 123 Å². The average Bonchev–Trinajstić information content (AvgIpc) is 2.81. The average molecular weight is 468 g/mol. The predicted octanol–water partition coefficient (Wildman–Crippen LogP) is 7.71. The van der Waals surface area contributed by atoms with Crippen molar-refractivity contribution in [3.05, 3.63) is 24.3 Å². The van der Waals surface area contributed by atoms with Crippen molar-refractivity contribution in [3.63, 3.8) is 0 Å². The molecule has 0 aliphatic rings. The number of unbranched alkanes of at least 4 members (excludes halogenated alkanes) is 10. The van der Waals surface area contributed by atoms with E-state index in [1.807, 2.05) is 7.05 Å². The van der Waals surface area contributed by atoms with E-state index in [0.717, 1.165) is 51.7 Å². The molecule has 2 N–H and O–H groups in total. The normalized spacial score (nSPS) is 13.9. The van der Waals surface area contributed by atoms with Gasteiger partial charge in [-0.25, -0.2) is 0 Å². The third-order valence-electron chi connectivity index (χ3n) is 5.98. The summed E-state index contributed by atoms with van der Waals surface area (Å²) in [5.41, 5.74) is 0. The van der Waals surface area contributed by atoms with Gasteiger partial charge in [-0.2, -0.15) is 0 Å². The smallest absolute Gasteiger partial charge is 0.154 e. The predicted molar refractivity (Wildman–Crippen MR) is 144 cm³/mol. The molecule has 0 aliphatic carbocycles. The van der Waals surface area contributed by atoms with Crippen LogP contribution in [-0.4, -0.2) is 44.3 Å². The van der Waals surface area contributed by atoms with Crippen molar-refractivity contribution in [2.24, 2.45) is 0 Å². The first-order valence-electron chi connectivity index (χ1n) is 14.1. The lowest BCUT2D eigenvalue weighted by atomic mass is 10.1. The first kappa shape index (κ1) is 32.3. The van der Waals surface area contributed by atoms with Gasteiger partial charge in [0.1, 0.15) is 0 Å². The number of allylic oxidation sites excluding steroid dienone is 4. The quantitative estimate of drug-likeness (QED) is 0.0777. The van der Waals surface area contributed by atoms with Crippen molar-refractivity contribution in [1.29, 1.82) is 0 Å². The van der Waals surface area contributed by atoms with E-state index in [9.17, 15) is 5.11 Å². The van der Waals surface area contributed by atoms with Gasteiger partial charge in [-0.15, -0.1) is 0 Å². The van der Waals surface area contributed by atoms with E-state index < -0.39 is 6.29 Å². The molecule has 0 amide bonds. The molecular weight excluding hydrogens is 410 g/mol. The summed E-state index contributed by atoms with van der Waals surface area (Å²) in [6.45, 7) is 6.56. The lowest BCUT2D eigenvalue weighted by Crippen LogP contribution is -2.23. The molecular formula is C29H57NO3. The maximum Gasteiger partial charge on any atom is 0.154 e. The maximum atomic E-state index is 10.1. The maximum absolute atomic E-state index is 10.1. The van der Waals surface area contributed by atoms with Crippen molar-refractivity contribution in [2.45, 2.75) is 135 Å². The van der Waals surface area contributed by atoms with Gasteiger partial charge in [-0.3, -0.25) is 0 Å². The minimum Gasteiger partial charge on any atom is -0.377 e. The molecule has 4 heteroatoms. The van der Waals surface area contributed by atoms with Crippen LogP contribution >= 0.6 is 0 Å². The van der Waals surface area contributed by atoms with Crippen LogP contribution in [0.2, 0.25) is 0 Å². The molecule has 4 nitrogen and oxygen atoms in total. The summed E-state index contributed by atoms with van der Waals surface area (Å²) in [5, 5.41) is 13.3. The fourth-order valence-electron chi connectivity index (χ4n) is 3.90. The Hall–Kier alpha value is -0.680. The van der Waals surface area contributed by atoms with Gasteiger partial charge in [0.15, 0.2) is 6.29 Å². The van der Waals surface area contributed by atoms with Gasteiger partial charge in [0.25, 0.3) is 0 Å². The first-order valence-corrected chi connectivity index (χ1v) is 14.1. The molecule has 0 spiro atoms. The molecule has 2 atom stereocenters. The van der Waals surface area contributed by atoms with Crippen LogP contribution in [-0.2, 0) is 9.47 Å². The van der Waals surface area contributed by atoms with Crippen LogP contribution in [0.4, 0.5) is 0 Å². The third-order valence-corrected chi connectivity index (χ3v) is 5.98. The van der Waals surface area contributed by atoms with E-state index in [1.165, 1.54) is 70.6 Å². The summed E-state index contributed by atoms with van der Waals surface area (Å²) in [7, 11) is 1.96. The molecule has 0 rings (SSSR count). The van der Waals surface area contributed by atoms with Gasteiger partial charge in [-0.05, 0) is 71.3 Å². The number of nitrogens with one attached hydrogen (secondary N) is 1. The lowest BCUT2D eigenvalue weighted by Gasteiger charge is -2.19. The second-order valence-electron chi connectivity index (χ2n) is 9.16. The van der Waals surface area contributed by atoms with Crippen molar-refractivity contribution in [2.75, 3.05) is 26.8 Å². The van der Waals surface area contributed by atoms with Gasteiger partial charge in [0.05, 0.1) is 19.3 Å².